The van der Waals surface area contributed by atoms with Crippen LogP contribution in [-0.2, 0) is 68.8 Å². The van der Waals surface area contributed by atoms with Crippen LogP contribution in [0.25, 0.3) is 0 Å². The van der Waals surface area contributed by atoms with Crippen molar-refractivity contribution in [3.63, 3.8) is 0 Å². The molecule has 4 heterocycles. The lowest BCUT2D eigenvalue weighted by Crippen LogP contribution is -2.50. The molecule has 4 aromatic rings. The summed E-state index contributed by atoms with van der Waals surface area (Å²) in [4.78, 5) is 114. The number of rotatable bonds is 29. The number of esters is 1. The summed E-state index contributed by atoms with van der Waals surface area (Å²) >= 11 is 24.5. The Morgan fingerprint density at radius 3 is 1.32 bits per heavy atom. The summed E-state index contributed by atoms with van der Waals surface area (Å²) in [6.45, 7) is 16.2. The van der Waals surface area contributed by atoms with E-state index in [0.717, 1.165) is 75.6 Å². The molecule has 4 aliphatic heterocycles. The molecule has 2 N–H and O–H groups in total. The van der Waals surface area contributed by atoms with Gasteiger partial charge < -0.3 is 34.5 Å². The van der Waals surface area contributed by atoms with E-state index >= 15 is 0 Å². The minimum Gasteiger partial charge on any atom is -0.481 e. The van der Waals surface area contributed by atoms with Crippen LogP contribution in [-0.4, -0.2) is 189 Å². The van der Waals surface area contributed by atoms with Gasteiger partial charge in [-0.3, -0.25) is 48.2 Å². The fourth-order valence-electron chi connectivity index (χ4n) is 13.5. The van der Waals surface area contributed by atoms with Crippen LogP contribution >= 0.6 is 46.4 Å². The number of carboxylic acids is 1. The van der Waals surface area contributed by atoms with Gasteiger partial charge in [-0.15, -0.1) is 0 Å². The molecule has 17 nitrogen and oxygen atoms in total. The lowest BCUT2D eigenvalue weighted by atomic mass is 9.97. The average molecular weight is 1360 g/mol. The molecule has 4 aliphatic rings. The van der Waals surface area contributed by atoms with Crippen LogP contribution in [0.4, 0.5) is 0 Å². The van der Waals surface area contributed by atoms with Crippen molar-refractivity contribution >= 4 is 93.5 Å². The van der Waals surface area contributed by atoms with E-state index in [0.29, 0.717) is 84.0 Å². The van der Waals surface area contributed by atoms with E-state index in [-0.39, 0.29) is 111 Å². The minimum absolute atomic E-state index is 0.0326. The van der Waals surface area contributed by atoms with Gasteiger partial charge >= 0.3 is 11.9 Å². The fourth-order valence-corrected chi connectivity index (χ4v) is 14.1. The Kier molecular flexibility index (Phi) is 31.6. The number of aryl methyl sites for hydroxylation is 4. The third-order valence-electron chi connectivity index (χ3n) is 18.6. The first-order valence-electron chi connectivity index (χ1n) is 33.3. The Morgan fingerprint density at radius 2 is 0.946 bits per heavy atom. The second-order valence-corrected chi connectivity index (χ2v) is 26.6. The van der Waals surface area contributed by atoms with E-state index in [1.165, 1.54) is 11.1 Å². The molecule has 0 radical (unpaired) electrons. The van der Waals surface area contributed by atoms with Crippen molar-refractivity contribution in [1.29, 1.82) is 0 Å². The number of aliphatic hydroxyl groups excluding tert-OH is 1. The highest BCUT2D eigenvalue weighted by atomic mass is 35.5. The Labute approximate surface area is 570 Å². The number of hydrogen-bond donors (Lipinski definition) is 2. The van der Waals surface area contributed by atoms with Gasteiger partial charge in [0.05, 0.1) is 44.3 Å². The standard InChI is InChI=1S/C36H47Cl2N3O5.C30H36Cl2N2O4.C6H13NO2/c1-4-39(5-2)34(43)24-46-35(44)18-16-31(33(42)17-13-27-12-15-29(37)30(38)22-27)40-20-19-28(14-11-26-9-7-6-8-10-26)41-23-25(3)21-32(41)36(40)45;1-20-17-27-30(38)33(16-15-23(34(27)19-20)10-7-21-5-3-2-4-6-21)26(12-14-29(36)37)28(35)13-9-22-8-11-24(31)25(32)18-22;1-3-7(4-2)6(9)5-8/h6-10,12,15,22,25,28,31-32H,4-5,11,13-14,16-21,23-24H2,1-3H3;2-6,8,11,18,20,23,26-27H,7,9-10,12-17,19H2,1H3,(H,36,37);8H,3-5H2,1-2H3/t25-,28?,31-,32+;20-,23?,26-,27+;/m11./s1. The van der Waals surface area contributed by atoms with Crippen molar-refractivity contribution in [3.8, 4) is 0 Å². The molecule has 0 aromatic heterocycles. The molecule has 4 amide bonds. The number of carbonyl (C=O) groups excluding carboxylic acids is 7. The van der Waals surface area contributed by atoms with E-state index in [9.17, 15) is 43.5 Å². The topological polar surface area (TPSA) is 206 Å². The van der Waals surface area contributed by atoms with Crippen LogP contribution in [0.15, 0.2) is 97.1 Å². The quantitative estimate of drug-likeness (QED) is 0.0486. The zero-order chi connectivity index (χ0) is 67.7. The highest BCUT2D eigenvalue weighted by Crippen LogP contribution is 2.36. The maximum Gasteiger partial charge on any atom is 0.306 e. The number of aliphatic hydroxyl groups is 1. The Bertz CT molecular complexity index is 3100. The Hall–Kier alpha value is -5.92. The van der Waals surface area contributed by atoms with E-state index in [2.05, 4.69) is 47.9 Å². The molecule has 0 spiro atoms. The molecule has 4 fully saturated rings. The predicted molar refractivity (Wildman–Crippen MR) is 365 cm³/mol. The number of ketones is 2. The molecule has 0 aliphatic carbocycles. The number of amides is 4. The van der Waals surface area contributed by atoms with Crippen LogP contribution in [0, 0.1) is 11.8 Å². The maximum absolute atomic E-state index is 14.2. The number of carboxylic acid groups (broad SMARTS) is 1. The van der Waals surface area contributed by atoms with Gasteiger partial charge in [-0.05, 0) is 163 Å². The molecular weight excluding hydrogens is 1270 g/mol. The molecule has 8 rings (SSSR count). The fraction of sp³-hybridized carbons (Fsp3) is 0.556. The summed E-state index contributed by atoms with van der Waals surface area (Å²) in [7, 11) is 0. The second kappa shape index (κ2) is 38.6. The first-order chi connectivity index (χ1) is 44.6. The number of fused-ring (bicyclic) bond motifs is 2. The van der Waals surface area contributed by atoms with Crippen LogP contribution in [0.3, 0.4) is 0 Å². The van der Waals surface area contributed by atoms with Crippen molar-refractivity contribution in [2.24, 2.45) is 11.8 Å². The summed E-state index contributed by atoms with van der Waals surface area (Å²) in [5.41, 5.74) is 4.30. The lowest BCUT2D eigenvalue weighted by Gasteiger charge is -2.32. The SMILES string of the molecule is CCN(CC)C(=O)CO.CCN(CC)C(=O)COC(=O)CC[C@H](C(=O)CCc1ccc(Cl)c(Cl)c1)N1CCC(CCc2ccccc2)N2C[C@H](C)C[C@H]2C1=O.C[C@@H]1C[C@H]2C(=O)N([C@H](CCC(=O)O)C(=O)CCc3ccc(Cl)c(Cl)c3)CCC(CCc3ccccc3)N2C1. The Balaban J connectivity index is 0.000000264. The second-order valence-electron chi connectivity index (χ2n) is 25.0. The van der Waals surface area contributed by atoms with Gasteiger partial charge in [0.15, 0.2) is 18.2 Å². The van der Waals surface area contributed by atoms with Gasteiger partial charge in [0, 0.05) is 90.1 Å². The molecule has 93 heavy (non-hydrogen) atoms. The van der Waals surface area contributed by atoms with Crippen LogP contribution in [0.5, 0.6) is 0 Å². The van der Waals surface area contributed by atoms with E-state index in [1.54, 1.807) is 43.9 Å². The third kappa shape index (κ3) is 22.9. The van der Waals surface area contributed by atoms with Crippen molar-refractivity contribution < 1.29 is 53.3 Å². The average Bonchev–Trinajstić information content (AvgIpc) is 1.66. The largest absolute Gasteiger partial charge is 0.481 e. The van der Waals surface area contributed by atoms with E-state index < -0.39 is 24.0 Å². The van der Waals surface area contributed by atoms with Crippen LogP contribution in [0.2, 0.25) is 20.1 Å². The predicted octanol–water partition coefficient (Wildman–Crippen LogP) is 11.5. The molecule has 21 heteroatoms. The number of halogens is 4. The summed E-state index contributed by atoms with van der Waals surface area (Å²) in [6, 6.07) is 29.7. The van der Waals surface area contributed by atoms with Gasteiger partial charge in [-0.25, -0.2) is 0 Å². The molecule has 0 bridgehead atoms. The molecule has 2 unspecified atom stereocenters. The van der Waals surface area contributed by atoms with E-state index in [1.807, 2.05) is 76.2 Å². The minimum atomic E-state index is -0.966. The normalized spacial score (nSPS) is 20.3. The molecule has 508 valence electrons. The van der Waals surface area contributed by atoms with Gasteiger partial charge in [-0.2, -0.15) is 0 Å². The van der Waals surface area contributed by atoms with E-state index in [4.69, 9.17) is 56.2 Å². The first kappa shape index (κ1) is 76.1. The van der Waals surface area contributed by atoms with Gasteiger partial charge in [0.2, 0.25) is 17.7 Å². The third-order valence-corrected chi connectivity index (χ3v) is 20.0. The molecule has 8 atom stereocenters. The zero-order valence-electron chi connectivity index (χ0n) is 55.0. The van der Waals surface area contributed by atoms with Gasteiger partial charge in [-0.1, -0.05) is 133 Å². The maximum atomic E-state index is 14.2. The summed E-state index contributed by atoms with van der Waals surface area (Å²) < 4.78 is 5.31. The number of Topliss-reactive ketones (excluding diaryl/α,β-unsaturated/α-hetero) is 2. The van der Waals surface area contributed by atoms with Crippen molar-refractivity contribution in [3.05, 3.63) is 139 Å². The van der Waals surface area contributed by atoms with Gasteiger partial charge in [0.1, 0.15) is 6.61 Å². The lowest BCUT2D eigenvalue weighted by molar-refractivity contribution is -0.152. The summed E-state index contributed by atoms with van der Waals surface area (Å²) in [5, 5.41) is 19.5. The number of likely N-dealkylation sites (N-methyl/N-ethyl adjacent to an activating group) is 2. The zero-order valence-corrected chi connectivity index (χ0v) is 58.0. The number of carbonyl (C=O) groups is 8. The smallest absolute Gasteiger partial charge is 0.306 e. The highest BCUT2D eigenvalue weighted by molar-refractivity contribution is 6.42. The van der Waals surface area contributed by atoms with Crippen LogP contribution < -0.4 is 0 Å². The monoisotopic (exact) mass is 1360 g/mol. The van der Waals surface area contributed by atoms with Gasteiger partial charge in [0.25, 0.3) is 5.91 Å². The number of hydrogen-bond acceptors (Lipinski definition) is 12. The number of ether oxygens (including phenoxy) is 1. The molecule has 4 aromatic carbocycles. The number of nitrogens with zero attached hydrogens (tertiary/aromatic N) is 6. The van der Waals surface area contributed by atoms with Crippen molar-refractivity contribution in [2.45, 2.75) is 181 Å². The summed E-state index contributed by atoms with van der Waals surface area (Å²) in [6.07, 6.45) is 8.06. The first-order valence-corrected chi connectivity index (χ1v) is 34.8. The summed E-state index contributed by atoms with van der Waals surface area (Å²) in [5.74, 6) is -1.49. The van der Waals surface area contributed by atoms with Crippen molar-refractivity contribution in [2.75, 3.05) is 65.6 Å². The molecular formula is C72H96Cl4N6O11. The number of benzene rings is 4. The molecule has 4 saturated heterocycles. The van der Waals surface area contributed by atoms with Crippen molar-refractivity contribution in [1.82, 2.24) is 29.4 Å². The molecule has 0 saturated carbocycles. The van der Waals surface area contributed by atoms with Crippen LogP contribution in [0.1, 0.15) is 141 Å². The highest BCUT2D eigenvalue weighted by Gasteiger charge is 2.47. The Morgan fingerprint density at radius 1 is 0.538 bits per heavy atom. The number of aliphatic carboxylic acids is 1.